The fourth-order valence-corrected chi connectivity index (χ4v) is 2.05. The molecule has 1 aromatic rings. The second kappa shape index (κ2) is 4.02. The van der Waals surface area contributed by atoms with Gasteiger partial charge in [0.1, 0.15) is 0 Å². The monoisotopic (exact) mass is 208 g/mol. The van der Waals surface area contributed by atoms with E-state index in [1.165, 1.54) is 0 Å². The van der Waals surface area contributed by atoms with Crippen molar-refractivity contribution >= 4 is 5.91 Å². The van der Waals surface area contributed by atoms with Crippen LogP contribution in [0.3, 0.4) is 0 Å². The molecule has 5 nitrogen and oxygen atoms in total. The molecular formula is C10H16N4O. The van der Waals surface area contributed by atoms with Crippen molar-refractivity contribution in [3.05, 3.63) is 18.0 Å². The van der Waals surface area contributed by atoms with Crippen LogP contribution < -0.4 is 5.32 Å². The van der Waals surface area contributed by atoms with E-state index in [1.807, 2.05) is 4.90 Å². The topological polar surface area (TPSA) is 61.0 Å². The Morgan fingerprint density at radius 3 is 2.67 bits per heavy atom. The summed E-state index contributed by atoms with van der Waals surface area (Å²) in [4.78, 5) is 14.0. The predicted molar refractivity (Wildman–Crippen MR) is 56.6 cm³/mol. The van der Waals surface area contributed by atoms with Crippen molar-refractivity contribution in [3.8, 4) is 0 Å². The molecule has 1 aliphatic heterocycles. The van der Waals surface area contributed by atoms with Gasteiger partial charge in [0.2, 0.25) is 0 Å². The average molecular weight is 208 g/mol. The number of hydrogen-bond acceptors (Lipinski definition) is 3. The first kappa shape index (κ1) is 10.2. The van der Waals surface area contributed by atoms with Crippen LogP contribution in [0.1, 0.15) is 24.2 Å². The highest BCUT2D eigenvalue weighted by Crippen LogP contribution is 2.13. The number of rotatable bonds is 1. The number of aromatic amines is 1. The highest BCUT2D eigenvalue weighted by Gasteiger charge is 2.29. The van der Waals surface area contributed by atoms with Gasteiger partial charge in [0, 0.05) is 31.4 Å². The Bertz CT molecular complexity index is 325. The van der Waals surface area contributed by atoms with Gasteiger partial charge >= 0.3 is 0 Å². The summed E-state index contributed by atoms with van der Waals surface area (Å²) in [5.41, 5.74) is 0.635. The molecule has 82 valence electrons. The molecule has 0 aromatic carbocycles. The molecule has 1 saturated heterocycles. The van der Waals surface area contributed by atoms with Crippen molar-refractivity contribution in [2.24, 2.45) is 0 Å². The van der Waals surface area contributed by atoms with Gasteiger partial charge in [0.15, 0.2) is 0 Å². The average Bonchev–Trinajstić information content (AvgIpc) is 2.69. The lowest BCUT2D eigenvalue weighted by molar-refractivity contribution is 0.0544. The maximum Gasteiger partial charge on any atom is 0.257 e. The summed E-state index contributed by atoms with van der Waals surface area (Å²) in [5.74, 6) is 0.0604. The van der Waals surface area contributed by atoms with E-state index in [0.29, 0.717) is 5.56 Å². The third-order valence-electron chi connectivity index (χ3n) is 2.81. The molecule has 2 heterocycles. The van der Waals surface area contributed by atoms with E-state index < -0.39 is 0 Å². The second-order valence-electron chi connectivity index (χ2n) is 4.06. The summed E-state index contributed by atoms with van der Waals surface area (Å²) in [6, 6.07) is 0.465. The fraction of sp³-hybridized carbons (Fsp3) is 0.600. The zero-order valence-corrected chi connectivity index (χ0v) is 9.03. The van der Waals surface area contributed by atoms with Crippen molar-refractivity contribution in [1.82, 2.24) is 20.4 Å². The van der Waals surface area contributed by atoms with Crippen LogP contribution in [0.2, 0.25) is 0 Å². The minimum atomic E-state index is 0.0604. The van der Waals surface area contributed by atoms with E-state index in [2.05, 4.69) is 29.4 Å². The van der Waals surface area contributed by atoms with Gasteiger partial charge in [-0.1, -0.05) is 0 Å². The first-order valence-corrected chi connectivity index (χ1v) is 5.22. The zero-order chi connectivity index (χ0) is 10.8. The van der Waals surface area contributed by atoms with Crippen LogP contribution in [0.25, 0.3) is 0 Å². The molecule has 1 fully saturated rings. The van der Waals surface area contributed by atoms with E-state index >= 15 is 0 Å². The van der Waals surface area contributed by atoms with Crippen LogP contribution >= 0.6 is 0 Å². The van der Waals surface area contributed by atoms with Crippen LogP contribution in [0, 0.1) is 0 Å². The van der Waals surface area contributed by atoms with Crippen molar-refractivity contribution < 1.29 is 4.79 Å². The molecule has 2 N–H and O–H groups in total. The van der Waals surface area contributed by atoms with E-state index in [1.54, 1.807) is 12.4 Å². The van der Waals surface area contributed by atoms with E-state index in [4.69, 9.17) is 0 Å². The lowest BCUT2D eigenvalue weighted by Crippen LogP contribution is -2.57. The van der Waals surface area contributed by atoms with Gasteiger partial charge in [-0.2, -0.15) is 5.10 Å². The van der Waals surface area contributed by atoms with Gasteiger partial charge in [-0.05, 0) is 13.8 Å². The van der Waals surface area contributed by atoms with Crippen molar-refractivity contribution in [2.75, 3.05) is 13.1 Å². The van der Waals surface area contributed by atoms with E-state index in [9.17, 15) is 4.79 Å². The molecule has 2 rings (SSSR count). The molecule has 0 bridgehead atoms. The Morgan fingerprint density at radius 1 is 1.47 bits per heavy atom. The predicted octanol–water partition coefficient (Wildman–Crippen LogP) is 0.232. The first-order valence-electron chi connectivity index (χ1n) is 5.22. The summed E-state index contributed by atoms with van der Waals surface area (Å²) in [5, 5.41) is 9.76. The molecule has 0 spiro atoms. The number of amides is 1. The Balaban J connectivity index is 2.17. The molecule has 1 amide bonds. The molecule has 1 aliphatic rings. The van der Waals surface area contributed by atoms with Gasteiger partial charge in [-0.25, -0.2) is 0 Å². The lowest BCUT2D eigenvalue weighted by Gasteiger charge is -2.39. The van der Waals surface area contributed by atoms with Crippen LogP contribution in [0.5, 0.6) is 0 Å². The lowest BCUT2D eigenvalue weighted by atomic mass is 10.1. The fourth-order valence-electron chi connectivity index (χ4n) is 2.05. The molecule has 2 atom stereocenters. The highest BCUT2D eigenvalue weighted by atomic mass is 16.2. The number of aromatic nitrogens is 2. The first-order chi connectivity index (χ1) is 7.20. The largest absolute Gasteiger partial charge is 0.331 e. The van der Waals surface area contributed by atoms with Crippen LogP contribution in [-0.2, 0) is 0 Å². The summed E-state index contributed by atoms with van der Waals surface area (Å²) in [6.07, 6.45) is 3.22. The van der Waals surface area contributed by atoms with Crippen molar-refractivity contribution in [3.63, 3.8) is 0 Å². The summed E-state index contributed by atoms with van der Waals surface area (Å²) in [6.45, 7) is 5.82. The van der Waals surface area contributed by atoms with E-state index in [-0.39, 0.29) is 18.0 Å². The Kier molecular flexibility index (Phi) is 2.73. The number of carbonyl (C=O) groups is 1. The molecular weight excluding hydrogens is 192 g/mol. The number of piperazine rings is 1. The van der Waals surface area contributed by atoms with Crippen LogP contribution in [0.4, 0.5) is 0 Å². The quantitative estimate of drug-likeness (QED) is 0.694. The molecule has 5 heteroatoms. The number of carbonyl (C=O) groups excluding carboxylic acids is 1. The van der Waals surface area contributed by atoms with Gasteiger partial charge in [-0.15, -0.1) is 0 Å². The van der Waals surface area contributed by atoms with Crippen molar-refractivity contribution in [2.45, 2.75) is 25.9 Å². The SMILES string of the molecule is CC1CNCC(C)N1C(=O)c1cn[nH]c1. The minimum absolute atomic E-state index is 0.0604. The minimum Gasteiger partial charge on any atom is -0.331 e. The highest BCUT2D eigenvalue weighted by molar-refractivity contribution is 5.94. The van der Waals surface area contributed by atoms with Gasteiger partial charge in [-0.3, -0.25) is 9.89 Å². The number of H-pyrrole nitrogens is 1. The molecule has 0 aliphatic carbocycles. The third kappa shape index (κ3) is 1.87. The molecule has 0 saturated carbocycles. The van der Waals surface area contributed by atoms with Gasteiger partial charge in [0.05, 0.1) is 11.8 Å². The Labute approximate surface area is 88.8 Å². The Morgan fingerprint density at radius 2 is 2.13 bits per heavy atom. The molecule has 2 unspecified atom stereocenters. The number of nitrogens with one attached hydrogen (secondary N) is 2. The summed E-state index contributed by atoms with van der Waals surface area (Å²) >= 11 is 0. The molecule has 0 radical (unpaired) electrons. The van der Waals surface area contributed by atoms with Crippen LogP contribution in [0.15, 0.2) is 12.4 Å². The third-order valence-corrected chi connectivity index (χ3v) is 2.81. The number of hydrogen-bond donors (Lipinski definition) is 2. The summed E-state index contributed by atoms with van der Waals surface area (Å²) in [7, 11) is 0. The van der Waals surface area contributed by atoms with E-state index in [0.717, 1.165) is 13.1 Å². The molecule has 1 aromatic heterocycles. The van der Waals surface area contributed by atoms with Gasteiger partial charge in [0.25, 0.3) is 5.91 Å². The second-order valence-corrected chi connectivity index (χ2v) is 4.06. The normalized spacial score (nSPS) is 26.7. The maximum atomic E-state index is 12.1. The standard InChI is InChI=1S/C10H16N4O/c1-7-3-11-4-8(2)14(7)10(15)9-5-12-13-6-9/h5-8,11H,3-4H2,1-2H3,(H,12,13). The smallest absolute Gasteiger partial charge is 0.257 e. The Hall–Kier alpha value is -1.36. The zero-order valence-electron chi connectivity index (χ0n) is 9.03. The maximum absolute atomic E-state index is 12.1. The van der Waals surface area contributed by atoms with Crippen LogP contribution in [-0.4, -0.2) is 46.2 Å². The molecule has 15 heavy (non-hydrogen) atoms. The summed E-state index contributed by atoms with van der Waals surface area (Å²) < 4.78 is 0. The number of nitrogens with zero attached hydrogens (tertiary/aromatic N) is 2. The van der Waals surface area contributed by atoms with Crippen molar-refractivity contribution in [1.29, 1.82) is 0 Å². The van der Waals surface area contributed by atoms with Gasteiger partial charge < -0.3 is 10.2 Å².